The van der Waals surface area contributed by atoms with Crippen LogP contribution in [0.4, 0.5) is 0 Å². The van der Waals surface area contributed by atoms with Crippen LogP contribution in [0.5, 0.6) is 0 Å². The van der Waals surface area contributed by atoms with Crippen molar-refractivity contribution < 1.29 is 14.7 Å². The number of amides is 1. The van der Waals surface area contributed by atoms with E-state index >= 15 is 0 Å². The Balaban J connectivity index is 2.78. The van der Waals surface area contributed by atoms with Gasteiger partial charge in [0.1, 0.15) is 5.69 Å². The first-order chi connectivity index (χ1) is 7.41. The molecule has 0 saturated heterocycles. The fourth-order valence-electron chi connectivity index (χ4n) is 1.27. The second-order valence-electron chi connectivity index (χ2n) is 3.83. The standard InChI is InChI=1S/C10H15N3O3/c1-7(6-9(14)15)13-5-4-8(11-13)10(16)12(2)3/h4-5,7H,6H2,1-3H3,(H,14,15). The molecule has 1 unspecified atom stereocenters. The monoisotopic (exact) mass is 225 g/mol. The Morgan fingerprint density at radius 2 is 2.19 bits per heavy atom. The van der Waals surface area contributed by atoms with Gasteiger partial charge in [0.25, 0.3) is 5.91 Å². The molecule has 0 bridgehead atoms. The first kappa shape index (κ1) is 12.2. The summed E-state index contributed by atoms with van der Waals surface area (Å²) >= 11 is 0. The van der Waals surface area contributed by atoms with Crippen LogP contribution in [0.2, 0.25) is 0 Å². The van der Waals surface area contributed by atoms with Gasteiger partial charge in [-0.15, -0.1) is 0 Å². The molecule has 0 spiro atoms. The maximum atomic E-state index is 11.5. The van der Waals surface area contributed by atoms with Gasteiger partial charge in [-0.1, -0.05) is 0 Å². The van der Waals surface area contributed by atoms with E-state index in [4.69, 9.17) is 5.11 Å². The van der Waals surface area contributed by atoms with Crippen LogP contribution in [0.3, 0.4) is 0 Å². The number of rotatable bonds is 4. The van der Waals surface area contributed by atoms with E-state index in [0.717, 1.165) is 0 Å². The number of carboxylic acid groups (broad SMARTS) is 1. The second kappa shape index (κ2) is 4.78. The van der Waals surface area contributed by atoms with Crippen LogP contribution in [0, 0.1) is 0 Å². The van der Waals surface area contributed by atoms with Gasteiger partial charge in [-0.3, -0.25) is 14.3 Å². The molecule has 0 radical (unpaired) electrons. The number of aromatic nitrogens is 2. The molecule has 0 aliphatic rings. The zero-order valence-corrected chi connectivity index (χ0v) is 9.54. The van der Waals surface area contributed by atoms with Crippen LogP contribution in [0.15, 0.2) is 12.3 Å². The van der Waals surface area contributed by atoms with Crippen molar-refractivity contribution in [3.8, 4) is 0 Å². The first-order valence-electron chi connectivity index (χ1n) is 4.90. The third-order valence-electron chi connectivity index (χ3n) is 2.16. The SMILES string of the molecule is CC(CC(=O)O)n1ccc(C(=O)N(C)C)n1. The molecule has 1 amide bonds. The normalized spacial score (nSPS) is 12.2. The average molecular weight is 225 g/mol. The Bertz CT molecular complexity index is 398. The molecule has 1 heterocycles. The van der Waals surface area contributed by atoms with Gasteiger partial charge in [0.05, 0.1) is 12.5 Å². The predicted molar refractivity (Wildman–Crippen MR) is 57.2 cm³/mol. The Hall–Kier alpha value is -1.85. The number of carbonyl (C=O) groups is 2. The van der Waals surface area contributed by atoms with Crippen LogP contribution in [-0.2, 0) is 4.79 Å². The van der Waals surface area contributed by atoms with E-state index in [2.05, 4.69) is 5.10 Å². The van der Waals surface area contributed by atoms with Crippen molar-refractivity contribution in [3.63, 3.8) is 0 Å². The maximum absolute atomic E-state index is 11.5. The summed E-state index contributed by atoms with van der Waals surface area (Å²) in [4.78, 5) is 23.5. The van der Waals surface area contributed by atoms with E-state index in [1.54, 1.807) is 33.3 Å². The number of carbonyl (C=O) groups excluding carboxylic acids is 1. The second-order valence-corrected chi connectivity index (χ2v) is 3.83. The molecule has 1 atom stereocenters. The minimum Gasteiger partial charge on any atom is -0.481 e. The van der Waals surface area contributed by atoms with E-state index in [-0.39, 0.29) is 18.4 Å². The van der Waals surface area contributed by atoms with Crippen molar-refractivity contribution in [1.82, 2.24) is 14.7 Å². The van der Waals surface area contributed by atoms with Crippen molar-refractivity contribution in [2.45, 2.75) is 19.4 Å². The predicted octanol–water partition coefficient (Wildman–Crippen LogP) is 0.621. The van der Waals surface area contributed by atoms with E-state index in [9.17, 15) is 9.59 Å². The van der Waals surface area contributed by atoms with Gasteiger partial charge < -0.3 is 10.0 Å². The van der Waals surface area contributed by atoms with Crippen LogP contribution >= 0.6 is 0 Å². The summed E-state index contributed by atoms with van der Waals surface area (Å²) in [7, 11) is 3.28. The third-order valence-corrected chi connectivity index (χ3v) is 2.16. The summed E-state index contributed by atoms with van der Waals surface area (Å²) in [5, 5.41) is 12.7. The summed E-state index contributed by atoms with van der Waals surface area (Å²) in [6.45, 7) is 1.74. The van der Waals surface area contributed by atoms with Gasteiger partial charge in [-0.2, -0.15) is 5.10 Å². The number of carboxylic acids is 1. The minimum atomic E-state index is -0.886. The molecule has 0 aliphatic heterocycles. The first-order valence-corrected chi connectivity index (χ1v) is 4.90. The highest BCUT2D eigenvalue weighted by molar-refractivity contribution is 5.91. The van der Waals surface area contributed by atoms with Gasteiger partial charge in [-0.25, -0.2) is 0 Å². The maximum Gasteiger partial charge on any atom is 0.305 e. The fourth-order valence-corrected chi connectivity index (χ4v) is 1.27. The molecule has 16 heavy (non-hydrogen) atoms. The van der Waals surface area contributed by atoms with Crippen molar-refractivity contribution in [1.29, 1.82) is 0 Å². The average Bonchev–Trinajstić information content (AvgIpc) is 2.63. The zero-order valence-electron chi connectivity index (χ0n) is 9.54. The van der Waals surface area contributed by atoms with Crippen LogP contribution < -0.4 is 0 Å². The Morgan fingerprint density at radius 3 is 2.69 bits per heavy atom. The van der Waals surface area contributed by atoms with E-state index in [1.807, 2.05) is 0 Å². The number of aliphatic carboxylic acids is 1. The lowest BCUT2D eigenvalue weighted by molar-refractivity contribution is -0.137. The lowest BCUT2D eigenvalue weighted by Crippen LogP contribution is -2.22. The molecule has 1 aromatic heterocycles. The van der Waals surface area contributed by atoms with Crippen LogP contribution in [0.25, 0.3) is 0 Å². The highest BCUT2D eigenvalue weighted by Gasteiger charge is 2.15. The fraction of sp³-hybridized carbons (Fsp3) is 0.500. The lowest BCUT2D eigenvalue weighted by atomic mass is 10.2. The van der Waals surface area contributed by atoms with Gasteiger partial charge in [0.15, 0.2) is 0 Å². The van der Waals surface area contributed by atoms with Crippen LogP contribution in [-0.4, -0.2) is 45.8 Å². The van der Waals surface area contributed by atoms with Gasteiger partial charge in [0, 0.05) is 20.3 Å². The summed E-state index contributed by atoms with van der Waals surface area (Å²) in [5.74, 6) is -1.08. The Morgan fingerprint density at radius 1 is 1.56 bits per heavy atom. The highest BCUT2D eigenvalue weighted by Crippen LogP contribution is 2.10. The highest BCUT2D eigenvalue weighted by atomic mass is 16.4. The van der Waals surface area contributed by atoms with Crippen molar-refractivity contribution >= 4 is 11.9 Å². The molecule has 1 N–H and O–H groups in total. The van der Waals surface area contributed by atoms with Gasteiger partial charge in [-0.05, 0) is 13.0 Å². The van der Waals surface area contributed by atoms with E-state index < -0.39 is 5.97 Å². The largest absolute Gasteiger partial charge is 0.481 e. The quantitative estimate of drug-likeness (QED) is 0.815. The minimum absolute atomic E-state index is 0.0166. The summed E-state index contributed by atoms with van der Waals surface area (Å²) < 4.78 is 1.49. The number of hydrogen-bond acceptors (Lipinski definition) is 3. The summed E-state index contributed by atoms with van der Waals surface area (Å²) in [6, 6.07) is 1.32. The Labute approximate surface area is 93.5 Å². The smallest absolute Gasteiger partial charge is 0.305 e. The van der Waals surface area contributed by atoms with E-state index in [0.29, 0.717) is 5.69 Å². The molecular formula is C10H15N3O3. The molecule has 1 rings (SSSR count). The zero-order chi connectivity index (χ0) is 12.3. The summed E-state index contributed by atoms with van der Waals surface area (Å²) in [5.41, 5.74) is 0.322. The van der Waals surface area contributed by atoms with Gasteiger partial charge >= 0.3 is 5.97 Å². The van der Waals surface area contributed by atoms with Crippen molar-refractivity contribution in [2.75, 3.05) is 14.1 Å². The van der Waals surface area contributed by atoms with Crippen LogP contribution in [0.1, 0.15) is 29.9 Å². The van der Waals surface area contributed by atoms with Crippen molar-refractivity contribution in [2.24, 2.45) is 0 Å². The molecule has 1 aromatic rings. The van der Waals surface area contributed by atoms with Gasteiger partial charge in [0.2, 0.25) is 0 Å². The Kier molecular flexibility index (Phi) is 3.65. The summed E-state index contributed by atoms with van der Waals surface area (Å²) in [6.07, 6.45) is 1.60. The molecule has 88 valence electrons. The van der Waals surface area contributed by atoms with Crippen molar-refractivity contribution in [3.05, 3.63) is 18.0 Å². The topological polar surface area (TPSA) is 75.4 Å². The molecule has 0 aliphatic carbocycles. The molecule has 0 saturated carbocycles. The third kappa shape index (κ3) is 2.82. The lowest BCUT2D eigenvalue weighted by Gasteiger charge is -2.10. The molecular weight excluding hydrogens is 210 g/mol. The molecule has 0 aromatic carbocycles. The van der Waals surface area contributed by atoms with E-state index in [1.165, 1.54) is 9.58 Å². The molecule has 6 heteroatoms. The number of hydrogen-bond donors (Lipinski definition) is 1. The molecule has 0 fully saturated rings. The number of nitrogens with zero attached hydrogens (tertiary/aromatic N) is 3. The molecule has 6 nitrogen and oxygen atoms in total.